The fourth-order valence-corrected chi connectivity index (χ4v) is 3.18. The van der Waals surface area contributed by atoms with Gasteiger partial charge >= 0.3 is 8.60 Å². The second-order valence-corrected chi connectivity index (χ2v) is 8.79. The van der Waals surface area contributed by atoms with E-state index in [4.69, 9.17) is 9.05 Å². The maximum Gasteiger partial charge on any atom is 0.460 e. The van der Waals surface area contributed by atoms with Gasteiger partial charge in [-0.1, -0.05) is 65.8 Å². The molecule has 26 heavy (non-hydrogen) atoms. The molecule has 2 rings (SSSR count). The van der Waals surface area contributed by atoms with Crippen molar-refractivity contribution in [1.29, 1.82) is 0 Å². The highest BCUT2D eigenvalue weighted by molar-refractivity contribution is 7.41. The summed E-state index contributed by atoms with van der Waals surface area (Å²) in [5.74, 6) is 1.25. The molecule has 0 amide bonds. The monoisotopic (exact) mass is 374 g/mol. The van der Waals surface area contributed by atoms with Gasteiger partial charge < -0.3 is 13.9 Å². The third-order valence-corrected chi connectivity index (χ3v) is 6.10. The Kier molecular flexibility index (Phi) is 6.71. The van der Waals surface area contributed by atoms with Gasteiger partial charge in [0.25, 0.3) is 0 Å². The molecule has 0 heterocycles. The van der Waals surface area contributed by atoms with Crippen LogP contribution in [0.3, 0.4) is 0 Å². The van der Waals surface area contributed by atoms with E-state index in [0.717, 1.165) is 12.8 Å². The molecular weight excluding hydrogens is 343 g/mol. The summed E-state index contributed by atoms with van der Waals surface area (Å²) in [6.45, 7) is 13.1. The fourth-order valence-electron chi connectivity index (χ4n) is 2.55. The Hall–Kier alpha value is -1.57. The second-order valence-electron chi connectivity index (χ2n) is 7.95. The molecule has 0 saturated heterocycles. The van der Waals surface area contributed by atoms with E-state index in [9.17, 15) is 4.89 Å². The van der Waals surface area contributed by atoms with Crippen molar-refractivity contribution in [2.75, 3.05) is 0 Å². The molecule has 2 aromatic carbocycles. The molecule has 0 atom stereocenters. The summed E-state index contributed by atoms with van der Waals surface area (Å²) in [6, 6.07) is 15.7. The van der Waals surface area contributed by atoms with Crippen molar-refractivity contribution in [2.45, 2.75) is 65.2 Å². The first-order valence-electron chi connectivity index (χ1n) is 9.24. The van der Waals surface area contributed by atoms with Gasteiger partial charge in [-0.25, -0.2) is 0 Å². The minimum absolute atomic E-state index is 0.0680. The Morgan fingerprint density at radius 3 is 1.50 bits per heavy atom. The number of hydrogen-bond donors (Lipinski definition) is 1. The molecule has 0 saturated carbocycles. The smallest absolute Gasteiger partial charge is 0.418 e. The molecule has 0 fully saturated rings. The zero-order chi connectivity index (χ0) is 19.4. The van der Waals surface area contributed by atoms with Gasteiger partial charge in [-0.3, -0.25) is 0 Å². The van der Waals surface area contributed by atoms with Gasteiger partial charge in [0.05, 0.1) is 0 Å². The van der Waals surface area contributed by atoms with Gasteiger partial charge in [0, 0.05) is 0 Å². The van der Waals surface area contributed by atoms with Gasteiger partial charge in [0.15, 0.2) is 0 Å². The minimum atomic E-state index is -2.04. The maximum absolute atomic E-state index is 10.3. The van der Waals surface area contributed by atoms with E-state index in [1.54, 1.807) is 0 Å². The predicted molar refractivity (Wildman–Crippen MR) is 110 cm³/mol. The van der Waals surface area contributed by atoms with Crippen LogP contribution in [0, 0.1) is 0 Å². The highest BCUT2D eigenvalue weighted by Gasteiger charge is 2.21. The van der Waals surface area contributed by atoms with E-state index < -0.39 is 8.60 Å². The molecule has 0 aliphatic rings. The molecule has 0 bridgehead atoms. The largest absolute Gasteiger partial charge is 0.460 e. The van der Waals surface area contributed by atoms with Crippen LogP contribution in [0.1, 0.15) is 65.5 Å². The van der Waals surface area contributed by atoms with E-state index in [1.165, 1.54) is 11.1 Å². The van der Waals surface area contributed by atoms with Crippen molar-refractivity contribution in [3.63, 3.8) is 0 Å². The summed E-state index contributed by atoms with van der Waals surface area (Å²) in [6.07, 6.45) is 2.06. The molecular formula is C22H31O3P. The average molecular weight is 374 g/mol. The van der Waals surface area contributed by atoms with Crippen LogP contribution in [0.5, 0.6) is 11.5 Å². The van der Waals surface area contributed by atoms with Crippen LogP contribution in [0.2, 0.25) is 0 Å². The number of benzene rings is 2. The van der Waals surface area contributed by atoms with Crippen molar-refractivity contribution in [3.05, 3.63) is 59.7 Å². The Balaban J connectivity index is 2.09. The zero-order valence-electron chi connectivity index (χ0n) is 16.7. The van der Waals surface area contributed by atoms with E-state index in [1.807, 2.05) is 36.4 Å². The lowest BCUT2D eigenvalue weighted by Crippen LogP contribution is -2.15. The van der Waals surface area contributed by atoms with Gasteiger partial charge in [-0.15, -0.1) is 0 Å². The third kappa shape index (κ3) is 5.22. The normalized spacial score (nSPS) is 12.3. The molecule has 0 unspecified atom stereocenters. The van der Waals surface area contributed by atoms with Crippen molar-refractivity contribution in [3.8, 4) is 11.5 Å². The Bertz CT molecular complexity index is 663. The van der Waals surface area contributed by atoms with E-state index >= 15 is 0 Å². The van der Waals surface area contributed by atoms with Gasteiger partial charge in [-0.2, -0.15) is 0 Å². The molecule has 0 spiro atoms. The van der Waals surface area contributed by atoms with Crippen molar-refractivity contribution < 1.29 is 13.9 Å². The van der Waals surface area contributed by atoms with E-state index in [0.29, 0.717) is 11.5 Å². The first kappa shape index (κ1) is 20.7. The third-order valence-electron chi connectivity index (χ3n) is 5.37. The van der Waals surface area contributed by atoms with Crippen LogP contribution in [0.25, 0.3) is 0 Å². The maximum atomic E-state index is 10.3. The standard InChI is InChI=1S/C22H31O3P/c1-7-21(3,4)17-11-9-13-19(15-17)24-26(23)25-20-14-10-12-18(16-20)22(5,6)8-2/h9-16,23H,7-8H2,1-6H3. The van der Waals surface area contributed by atoms with Crippen LogP contribution in [-0.4, -0.2) is 4.89 Å². The van der Waals surface area contributed by atoms with Crippen LogP contribution < -0.4 is 9.05 Å². The topological polar surface area (TPSA) is 38.7 Å². The summed E-state index contributed by atoms with van der Waals surface area (Å²) in [4.78, 5) is 10.3. The molecule has 0 aliphatic carbocycles. The zero-order valence-corrected chi connectivity index (χ0v) is 17.6. The summed E-state index contributed by atoms with van der Waals surface area (Å²) in [5.41, 5.74) is 2.51. The average Bonchev–Trinajstić information content (AvgIpc) is 2.62. The van der Waals surface area contributed by atoms with Gasteiger partial charge in [0.1, 0.15) is 11.5 Å². The highest BCUT2D eigenvalue weighted by Crippen LogP contribution is 2.39. The minimum Gasteiger partial charge on any atom is -0.418 e. The van der Waals surface area contributed by atoms with Crippen LogP contribution in [-0.2, 0) is 10.8 Å². The molecule has 2 aromatic rings. The lowest BCUT2D eigenvalue weighted by molar-refractivity contribution is 0.380. The fraction of sp³-hybridized carbons (Fsp3) is 0.455. The lowest BCUT2D eigenvalue weighted by Gasteiger charge is -2.24. The van der Waals surface area contributed by atoms with Gasteiger partial charge in [-0.05, 0) is 59.1 Å². The Morgan fingerprint density at radius 1 is 0.769 bits per heavy atom. The molecule has 142 valence electrons. The van der Waals surface area contributed by atoms with Crippen molar-refractivity contribution in [1.82, 2.24) is 0 Å². The quantitative estimate of drug-likeness (QED) is 0.520. The van der Waals surface area contributed by atoms with Crippen LogP contribution in [0.15, 0.2) is 48.5 Å². The van der Waals surface area contributed by atoms with Gasteiger partial charge in [0.2, 0.25) is 0 Å². The van der Waals surface area contributed by atoms with Crippen molar-refractivity contribution in [2.24, 2.45) is 0 Å². The first-order valence-corrected chi connectivity index (χ1v) is 10.4. The Morgan fingerprint density at radius 2 is 1.15 bits per heavy atom. The predicted octanol–water partition coefficient (Wildman–Crippen LogP) is 6.74. The van der Waals surface area contributed by atoms with Crippen LogP contribution in [0.4, 0.5) is 0 Å². The number of rotatable bonds is 8. The van der Waals surface area contributed by atoms with Crippen molar-refractivity contribution >= 4 is 8.60 Å². The highest BCUT2D eigenvalue weighted by atomic mass is 31.2. The number of hydrogen-bond acceptors (Lipinski definition) is 3. The van der Waals surface area contributed by atoms with E-state index in [-0.39, 0.29) is 10.8 Å². The first-order chi connectivity index (χ1) is 12.2. The molecule has 0 radical (unpaired) electrons. The summed E-state index contributed by atoms with van der Waals surface area (Å²) >= 11 is 0. The summed E-state index contributed by atoms with van der Waals surface area (Å²) in [5, 5.41) is 0. The van der Waals surface area contributed by atoms with Crippen LogP contribution >= 0.6 is 8.60 Å². The summed E-state index contributed by atoms with van der Waals surface area (Å²) in [7, 11) is -2.04. The molecule has 3 nitrogen and oxygen atoms in total. The molecule has 4 heteroatoms. The van der Waals surface area contributed by atoms with E-state index in [2.05, 4.69) is 53.7 Å². The SMILES string of the molecule is CCC(C)(C)c1cccc(OP(O)Oc2cccc(C(C)(C)CC)c2)c1. The molecule has 0 aromatic heterocycles. The second kappa shape index (κ2) is 8.41. The summed E-state index contributed by atoms with van der Waals surface area (Å²) < 4.78 is 11.3. The lowest BCUT2D eigenvalue weighted by atomic mass is 9.82. The Labute approximate surface area is 159 Å². The molecule has 1 N–H and O–H groups in total. The molecule has 0 aliphatic heterocycles.